The number of nitrogens with two attached hydrogens (primary N) is 1. The van der Waals surface area contributed by atoms with Crippen LogP contribution in [0.4, 0.5) is 0 Å². The molecule has 0 spiro atoms. The Bertz CT molecular complexity index is 174. The normalized spacial score (nSPS) is 19.5. The smallest absolute Gasteiger partial charge is 0.166 e. The number of piperidine rings is 1. The van der Waals surface area contributed by atoms with Gasteiger partial charge in [-0.15, -0.1) is 0 Å². The summed E-state index contributed by atoms with van der Waals surface area (Å²) >= 11 is 4.94. The van der Waals surface area contributed by atoms with Gasteiger partial charge in [-0.2, -0.15) is 0 Å². The predicted molar refractivity (Wildman–Crippen MR) is 59.6 cm³/mol. The molecule has 4 heteroatoms. The Balaban J connectivity index is 2.26. The second kappa shape index (κ2) is 4.77. The molecule has 1 saturated heterocycles. The lowest BCUT2D eigenvalue weighted by Crippen LogP contribution is -2.43. The second-order valence-electron chi connectivity index (χ2n) is 4.03. The predicted octanol–water partition coefficient (Wildman–Crippen LogP) is 0.504. The van der Waals surface area contributed by atoms with E-state index in [4.69, 9.17) is 18.0 Å². The van der Waals surface area contributed by atoms with Gasteiger partial charge in [-0.1, -0.05) is 0 Å². The molecular weight excluding hydrogens is 182 g/mol. The van der Waals surface area contributed by atoms with Gasteiger partial charge in [0.2, 0.25) is 0 Å². The summed E-state index contributed by atoms with van der Waals surface area (Å²) in [6, 6.07) is 0. The topological polar surface area (TPSA) is 32.5 Å². The largest absolute Gasteiger partial charge is 0.376 e. The van der Waals surface area contributed by atoms with Crippen molar-refractivity contribution in [3.05, 3.63) is 0 Å². The molecule has 1 fully saturated rings. The number of likely N-dealkylation sites (tertiary alicyclic amines) is 1. The molecule has 0 unspecified atom stereocenters. The minimum atomic E-state index is 0.559. The summed E-state index contributed by atoms with van der Waals surface area (Å²) in [5.41, 5.74) is 5.56. The summed E-state index contributed by atoms with van der Waals surface area (Å²) in [6.07, 6.45) is 2.44. The van der Waals surface area contributed by atoms with E-state index in [9.17, 15) is 0 Å². The van der Waals surface area contributed by atoms with E-state index in [1.54, 1.807) is 0 Å². The van der Waals surface area contributed by atoms with E-state index in [2.05, 4.69) is 23.9 Å². The van der Waals surface area contributed by atoms with Crippen molar-refractivity contribution < 1.29 is 0 Å². The summed E-state index contributed by atoms with van der Waals surface area (Å²) in [4.78, 5) is 4.35. The van der Waals surface area contributed by atoms with Gasteiger partial charge < -0.3 is 15.5 Å². The SMILES string of the molecule is CN(C)CC1CCN(C(N)=S)CC1. The maximum Gasteiger partial charge on any atom is 0.166 e. The van der Waals surface area contributed by atoms with Crippen molar-refractivity contribution in [1.82, 2.24) is 9.80 Å². The first kappa shape index (κ1) is 10.7. The Morgan fingerprint density at radius 3 is 2.38 bits per heavy atom. The fraction of sp³-hybridized carbons (Fsp3) is 0.889. The number of rotatable bonds is 2. The zero-order valence-electron chi connectivity index (χ0n) is 8.49. The van der Waals surface area contributed by atoms with Crippen LogP contribution in [0.1, 0.15) is 12.8 Å². The molecule has 76 valence electrons. The van der Waals surface area contributed by atoms with Crippen molar-refractivity contribution in [2.75, 3.05) is 33.7 Å². The zero-order valence-corrected chi connectivity index (χ0v) is 9.31. The van der Waals surface area contributed by atoms with Gasteiger partial charge in [0.1, 0.15) is 0 Å². The van der Waals surface area contributed by atoms with Crippen molar-refractivity contribution in [1.29, 1.82) is 0 Å². The minimum Gasteiger partial charge on any atom is -0.376 e. The highest BCUT2D eigenvalue weighted by Gasteiger charge is 2.19. The lowest BCUT2D eigenvalue weighted by molar-refractivity contribution is 0.220. The lowest BCUT2D eigenvalue weighted by Gasteiger charge is -2.33. The molecule has 0 aromatic heterocycles. The summed E-state index contributed by atoms with van der Waals surface area (Å²) in [7, 11) is 4.25. The van der Waals surface area contributed by atoms with Gasteiger partial charge in [0.15, 0.2) is 5.11 Å². The molecule has 3 nitrogen and oxygen atoms in total. The Morgan fingerprint density at radius 1 is 1.46 bits per heavy atom. The van der Waals surface area contributed by atoms with Crippen LogP contribution in [0.2, 0.25) is 0 Å². The Kier molecular flexibility index (Phi) is 3.93. The van der Waals surface area contributed by atoms with Gasteiger partial charge in [0, 0.05) is 19.6 Å². The molecule has 1 rings (SSSR count). The van der Waals surface area contributed by atoms with Crippen LogP contribution in [0.15, 0.2) is 0 Å². The molecule has 0 bridgehead atoms. The van der Waals surface area contributed by atoms with Crippen LogP contribution in [-0.4, -0.2) is 48.6 Å². The van der Waals surface area contributed by atoms with E-state index in [1.807, 2.05) is 0 Å². The third-order valence-corrected chi connectivity index (χ3v) is 2.81. The first-order valence-corrected chi connectivity index (χ1v) is 5.19. The van der Waals surface area contributed by atoms with Crippen molar-refractivity contribution >= 4 is 17.3 Å². The Hall–Kier alpha value is -0.350. The van der Waals surface area contributed by atoms with Crippen LogP contribution < -0.4 is 5.73 Å². The number of hydrogen-bond acceptors (Lipinski definition) is 2. The number of hydrogen-bond donors (Lipinski definition) is 1. The number of thiocarbonyl (C=S) groups is 1. The quantitative estimate of drug-likeness (QED) is 0.660. The van der Waals surface area contributed by atoms with Crippen LogP contribution in [-0.2, 0) is 0 Å². The first-order valence-electron chi connectivity index (χ1n) is 4.78. The fourth-order valence-corrected chi connectivity index (χ4v) is 2.03. The van der Waals surface area contributed by atoms with Gasteiger partial charge in [-0.25, -0.2) is 0 Å². The molecule has 1 aliphatic heterocycles. The third-order valence-electron chi connectivity index (χ3n) is 2.55. The van der Waals surface area contributed by atoms with Crippen LogP contribution in [0, 0.1) is 5.92 Å². The molecule has 0 aromatic carbocycles. The highest BCUT2D eigenvalue weighted by atomic mass is 32.1. The molecule has 13 heavy (non-hydrogen) atoms. The van der Waals surface area contributed by atoms with E-state index in [0.29, 0.717) is 5.11 Å². The highest BCUT2D eigenvalue weighted by Crippen LogP contribution is 2.17. The van der Waals surface area contributed by atoms with E-state index < -0.39 is 0 Å². The first-order chi connectivity index (χ1) is 6.09. The molecule has 0 amide bonds. The summed E-state index contributed by atoms with van der Waals surface area (Å²) in [6.45, 7) is 3.26. The summed E-state index contributed by atoms with van der Waals surface area (Å²) in [5, 5.41) is 0.559. The molecule has 0 radical (unpaired) electrons. The molecule has 1 heterocycles. The van der Waals surface area contributed by atoms with Crippen molar-refractivity contribution in [2.24, 2.45) is 11.7 Å². The molecule has 0 aromatic rings. The van der Waals surface area contributed by atoms with E-state index >= 15 is 0 Å². The monoisotopic (exact) mass is 201 g/mol. The lowest BCUT2D eigenvalue weighted by atomic mass is 9.97. The van der Waals surface area contributed by atoms with Crippen molar-refractivity contribution in [2.45, 2.75) is 12.8 Å². The average Bonchev–Trinajstić information content (AvgIpc) is 2.04. The van der Waals surface area contributed by atoms with Crippen LogP contribution in [0.3, 0.4) is 0 Å². The highest BCUT2D eigenvalue weighted by molar-refractivity contribution is 7.80. The molecule has 0 atom stereocenters. The second-order valence-corrected chi connectivity index (χ2v) is 4.45. The standard InChI is InChI=1S/C9H19N3S/c1-11(2)7-8-3-5-12(6-4-8)9(10)13/h8H,3-7H2,1-2H3,(H2,10,13). The summed E-state index contributed by atoms with van der Waals surface area (Å²) in [5.74, 6) is 0.820. The van der Waals surface area contributed by atoms with E-state index in [-0.39, 0.29) is 0 Å². The van der Waals surface area contributed by atoms with Crippen LogP contribution in [0.5, 0.6) is 0 Å². The fourth-order valence-electron chi connectivity index (χ4n) is 1.85. The summed E-state index contributed by atoms with van der Waals surface area (Å²) < 4.78 is 0. The van der Waals surface area contributed by atoms with Crippen LogP contribution >= 0.6 is 12.2 Å². The molecule has 2 N–H and O–H groups in total. The van der Waals surface area contributed by atoms with E-state index in [1.165, 1.54) is 19.4 Å². The maximum absolute atomic E-state index is 5.56. The molecular formula is C9H19N3S. The van der Waals surface area contributed by atoms with Gasteiger partial charge in [-0.3, -0.25) is 0 Å². The van der Waals surface area contributed by atoms with Gasteiger partial charge >= 0.3 is 0 Å². The molecule has 1 aliphatic rings. The Morgan fingerprint density at radius 2 is 2.00 bits per heavy atom. The Labute approximate surface area is 85.9 Å². The third kappa shape index (κ3) is 3.48. The van der Waals surface area contributed by atoms with Gasteiger partial charge in [0.25, 0.3) is 0 Å². The van der Waals surface area contributed by atoms with Gasteiger partial charge in [0.05, 0.1) is 0 Å². The number of nitrogens with zero attached hydrogens (tertiary/aromatic N) is 2. The van der Waals surface area contributed by atoms with Crippen molar-refractivity contribution in [3.8, 4) is 0 Å². The van der Waals surface area contributed by atoms with Crippen molar-refractivity contribution in [3.63, 3.8) is 0 Å². The average molecular weight is 201 g/mol. The molecule has 0 saturated carbocycles. The maximum atomic E-state index is 5.56. The van der Waals surface area contributed by atoms with Crippen LogP contribution in [0.25, 0.3) is 0 Å². The molecule has 0 aliphatic carbocycles. The van der Waals surface area contributed by atoms with E-state index in [0.717, 1.165) is 19.0 Å². The zero-order chi connectivity index (χ0) is 9.84. The van der Waals surface area contributed by atoms with Gasteiger partial charge in [-0.05, 0) is 45.1 Å². The minimum absolute atomic E-state index is 0.559.